The number of likely N-dealkylation sites (N-methyl/N-ethyl adjacent to an activating group) is 1. The predicted octanol–water partition coefficient (Wildman–Crippen LogP) is 2.24. The Bertz CT molecular complexity index is 1010. The van der Waals surface area contributed by atoms with Crippen molar-refractivity contribution >= 4 is 22.8 Å². The second kappa shape index (κ2) is 8.81. The van der Waals surface area contributed by atoms with Crippen molar-refractivity contribution in [3.63, 3.8) is 0 Å². The van der Waals surface area contributed by atoms with E-state index in [4.69, 9.17) is 0 Å². The number of aliphatic hydroxyl groups is 1. The summed E-state index contributed by atoms with van der Waals surface area (Å²) in [7, 11) is 4.09. The van der Waals surface area contributed by atoms with E-state index >= 15 is 0 Å². The summed E-state index contributed by atoms with van der Waals surface area (Å²) in [5.41, 5.74) is 3.53. The first-order valence-corrected chi connectivity index (χ1v) is 10.3. The highest BCUT2D eigenvalue weighted by Gasteiger charge is 2.27. The average Bonchev–Trinajstić information content (AvgIpc) is 3.34. The second-order valence-electron chi connectivity index (χ2n) is 8.03. The number of carbonyl (C=O) groups excluding carboxylic acids is 1. The molecule has 8 heteroatoms. The van der Waals surface area contributed by atoms with E-state index in [1.54, 1.807) is 12.3 Å². The van der Waals surface area contributed by atoms with Gasteiger partial charge in [-0.3, -0.25) is 4.79 Å². The van der Waals surface area contributed by atoms with Crippen LogP contribution in [0.25, 0.3) is 22.6 Å². The Labute approximate surface area is 175 Å². The van der Waals surface area contributed by atoms with Crippen molar-refractivity contribution in [2.45, 2.75) is 31.4 Å². The molecule has 4 rings (SSSR count). The topological polar surface area (TPSA) is 106 Å². The van der Waals surface area contributed by atoms with E-state index in [9.17, 15) is 9.90 Å². The van der Waals surface area contributed by atoms with Gasteiger partial charge in [0.15, 0.2) is 5.65 Å². The van der Waals surface area contributed by atoms with Crippen LogP contribution < -0.4 is 10.6 Å². The Morgan fingerprint density at radius 1 is 1.23 bits per heavy atom. The van der Waals surface area contributed by atoms with Crippen LogP contribution in [0.2, 0.25) is 0 Å². The lowest BCUT2D eigenvalue weighted by Gasteiger charge is -2.16. The van der Waals surface area contributed by atoms with Crippen LogP contribution in [-0.2, 0) is 0 Å². The number of carbonyl (C=O) groups is 1. The van der Waals surface area contributed by atoms with Crippen LogP contribution in [0.15, 0.2) is 36.5 Å². The molecule has 1 amide bonds. The third-order valence-electron chi connectivity index (χ3n) is 5.47. The number of hydrogen-bond donors (Lipinski definition) is 4. The van der Waals surface area contributed by atoms with Crippen LogP contribution in [-0.4, -0.2) is 70.2 Å². The maximum atomic E-state index is 12.8. The van der Waals surface area contributed by atoms with Gasteiger partial charge < -0.3 is 25.6 Å². The summed E-state index contributed by atoms with van der Waals surface area (Å²) in [5, 5.41) is 16.3. The fraction of sp³-hybridized carbons (Fsp3) is 0.409. The molecule has 1 fully saturated rings. The van der Waals surface area contributed by atoms with E-state index in [1.807, 2.05) is 38.4 Å². The molecule has 4 N–H and O–H groups in total. The number of imidazole rings is 1. The minimum atomic E-state index is -0.481. The number of nitrogens with zero attached hydrogens (tertiary/aromatic N) is 3. The highest BCUT2D eigenvalue weighted by Crippen LogP contribution is 2.24. The number of benzene rings is 1. The van der Waals surface area contributed by atoms with E-state index in [2.05, 4.69) is 30.5 Å². The van der Waals surface area contributed by atoms with Gasteiger partial charge in [0.2, 0.25) is 0 Å². The molecule has 0 bridgehead atoms. The fourth-order valence-corrected chi connectivity index (χ4v) is 3.76. The smallest absolute Gasteiger partial charge is 0.253 e. The van der Waals surface area contributed by atoms with E-state index in [0.29, 0.717) is 22.6 Å². The van der Waals surface area contributed by atoms with Gasteiger partial charge in [0.05, 0.1) is 17.7 Å². The van der Waals surface area contributed by atoms with Crippen LogP contribution in [0.1, 0.15) is 29.6 Å². The molecule has 8 nitrogen and oxygen atoms in total. The summed E-state index contributed by atoms with van der Waals surface area (Å²) >= 11 is 0. The normalized spacial score (nSPS) is 18.8. The number of fused-ring (bicyclic) bond motifs is 1. The maximum Gasteiger partial charge on any atom is 0.253 e. The number of aromatic nitrogens is 3. The zero-order chi connectivity index (χ0) is 21.1. The molecule has 30 heavy (non-hydrogen) atoms. The lowest BCUT2D eigenvalue weighted by molar-refractivity contribution is 0.0874. The van der Waals surface area contributed by atoms with Crippen LogP contribution >= 0.6 is 0 Å². The number of anilines is 1. The number of aliphatic hydroxyl groups excluding tert-OH is 1. The number of pyridine rings is 1. The van der Waals surface area contributed by atoms with Gasteiger partial charge in [-0.1, -0.05) is 0 Å². The zero-order valence-electron chi connectivity index (χ0n) is 17.4. The summed E-state index contributed by atoms with van der Waals surface area (Å²) in [4.78, 5) is 27.1. The Morgan fingerprint density at radius 2 is 2.03 bits per heavy atom. The maximum absolute atomic E-state index is 12.8. The lowest BCUT2D eigenvalue weighted by Crippen LogP contribution is -2.39. The Kier molecular flexibility index (Phi) is 5.96. The van der Waals surface area contributed by atoms with Crippen LogP contribution in [0.4, 0.5) is 5.69 Å². The molecular formula is C22H28N6O2. The Hall–Kier alpha value is -2.97. The largest absolute Gasteiger partial charge is 0.391 e. The van der Waals surface area contributed by atoms with Crippen LogP contribution in [0.3, 0.4) is 0 Å². The molecule has 2 heterocycles. The monoisotopic (exact) mass is 408 g/mol. The molecule has 1 aliphatic carbocycles. The molecule has 0 radical (unpaired) electrons. The number of amides is 1. The standard InChI is InChI=1S/C22H28N6O2/c1-28(2)13-12-23-15-8-6-14(7-9-15)20-26-19-16(10-11-24-21(19)27-20)22(30)25-17-4-3-5-18(17)29/h6-11,17-18,23,29H,3-5,12-13H2,1-2H3,(H,25,30)(H,24,26,27). The van der Waals surface area contributed by atoms with Crippen molar-refractivity contribution in [1.29, 1.82) is 0 Å². The highest BCUT2D eigenvalue weighted by molar-refractivity contribution is 6.04. The average molecular weight is 409 g/mol. The third-order valence-corrected chi connectivity index (χ3v) is 5.47. The third kappa shape index (κ3) is 4.44. The molecule has 1 saturated carbocycles. The number of aromatic amines is 1. The van der Waals surface area contributed by atoms with Gasteiger partial charge in [-0.25, -0.2) is 9.97 Å². The predicted molar refractivity (Wildman–Crippen MR) is 117 cm³/mol. The first kappa shape index (κ1) is 20.3. The summed E-state index contributed by atoms with van der Waals surface area (Å²) in [6.07, 6.45) is 3.56. The van der Waals surface area contributed by atoms with E-state index in [-0.39, 0.29) is 11.9 Å². The first-order chi connectivity index (χ1) is 14.5. The summed E-state index contributed by atoms with van der Waals surface area (Å²) in [5.74, 6) is 0.435. The highest BCUT2D eigenvalue weighted by atomic mass is 16.3. The van der Waals surface area contributed by atoms with Gasteiger partial charge in [-0.05, 0) is 63.7 Å². The molecule has 158 valence electrons. The van der Waals surface area contributed by atoms with E-state index in [1.165, 1.54) is 0 Å². The minimum Gasteiger partial charge on any atom is -0.391 e. The van der Waals surface area contributed by atoms with Crippen molar-refractivity contribution in [3.8, 4) is 11.4 Å². The molecule has 1 aliphatic rings. The van der Waals surface area contributed by atoms with Crippen LogP contribution in [0, 0.1) is 0 Å². The van der Waals surface area contributed by atoms with Crippen LogP contribution in [0.5, 0.6) is 0 Å². The Morgan fingerprint density at radius 3 is 2.73 bits per heavy atom. The lowest BCUT2D eigenvalue weighted by atomic mass is 10.1. The van der Waals surface area contributed by atoms with Gasteiger partial charge in [0.25, 0.3) is 5.91 Å². The fourth-order valence-electron chi connectivity index (χ4n) is 3.76. The van der Waals surface area contributed by atoms with Gasteiger partial charge in [-0.2, -0.15) is 0 Å². The minimum absolute atomic E-state index is 0.202. The number of rotatable bonds is 7. The quantitative estimate of drug-likeness (QED) is 0.478. The van der Waals surface area contributed by atoms with E-state index in [0.717, 1.165) is 43.6 Å². The summed E-state index contributed by atoms with van der Waals surface area (Å²) < 4.78 is 0. The molecule has 2 aromatic heterocycles. The van der Waals surface area contributed by atoms with Crippen molar-refractivity contribution in [1.82, 2.24) is 25.2 Å². The number of H-pyrrole nitrogens is 1. The first-order valence-electron chi connectivity index (χ1n) is 10.3. The molecular weight excluding hydrogens is 380 g/mol. The number of hydrogen-bond acceptors (Lipinski definition) is 6. The van der Waals surface area contributed by atoms with Crippen molar-refractivity contribution in [2.24, 2.45) is 0 Å². The molecule has 0 saturated heterocycles. The van der Waals surface area contributed by atoms with Crippen molar-refractivity contribution in [2.75, 3.05) is 32.5 Å². The SMILES string of the molecule is CN(C)CCNc1ccc(-c2nc3c(C(=O)NC4CCCC4O)ccnc3[nH]2)cc1. The molecule has 2 atom stereocenters. The molecule has 1 aromatic carbocycles. The molecule has 0 spiro atoms. The molecule has 3 aromatic rings. The molecule has 0 aliphatic heterocycles. The Balaban J connectivity index is 1.52. The zero-order valence-corrected chi connectivity index (χ0v) is 17.4. The second-order valence-corrected chi connectivity index (χ2v) is 8.03. The van der Waals surface area contributed by atoms with Crippen molar-refractivity contribution < 1.29 is 9.90 Å². The summed E-state index contributed by atoms with van der Waals surface area (Å²) in [6.45, 7) is 1.83. The summed E-state index contributed by atoms with van der Waals surface area (Å²) in [6, 6.07) is 9.48. The number of nitrogens with one attached hydrogen (secondary N) is 3. The van der Waals surface area contributed by atoms with E-state index < -0.39 is 6.10 Å². The van der Waals surface area contributed by atoms with Gasteiger partial charge in [-0.15, -0.1) is 0 Å². The van der Waals surface area contributed by atoms with Gasteiger partial charge >= 0.3 is 0 Å². The van der Waals surface area contributed by atoms with Gasteiger partial charge in [0.1, 0.15) is 11.3 Å². The molecule has 2 unspecified atom stereocenters. The van der Waals surface area contributed by atoms with Crippen molar-refractivity contribution in [3.05, 3.63) is 42.1 Å². The van der Waals surface area contributed by atoms with Gasteiger partial charge in [0, 0.05) is 30.5 Å².